The zero-order valence-corrected chi connectivity index (χ0v) is 19.3. The number of aliphatic imine (C=N–C) groups is 1. The number of nitrogens with zero attached hydrogens (tertiary/aromatic N) is 1. The van der Waals surface area contributed by atoms with Gasteiger partial charge in [-0.1, -0.05) is 13.8 Å². The summed E-state index contributed by atoms with van der Waals surface area (Å²) in [5, 5.41) is 16.3. The lowest BCUT2D eigenvalue weighted by molar-refractivity contribution is 0.131. The third-order valence-electron chi connectivity index (χ3n) is 6.14. The van der Waals surface area contributed by atoms with Crippen LogP contribution in [0, 0.1) is 23.2 Å². The maximum Gasteiger partial charge on any atom is 0.191 e. The molecule has 0 bridgehead atoms. The number of rotatable bonds is 8. The molecule has 26 heavy (non-hydrogen) atoms. The van der Waals surface area contributed by atoms with E-state index in [2.05, 4.69) is 31.4 Å². The van der Waals surface area contributed by atoms with E-state index in [1.54, 1.807) is 0 Å². The summed E-state index contributed by atoms with van der Waals surface area (Å²) in [6.07, 6.45) is 7.17. The Balaban J connectivity index is 0.00000338. The van der Waals surface area contributed by atoms with Gasteiger partial charge in [0.2, 0.25) is 0 Å². The molecule has 0 spiro atoms. The van der Waals surface area contributed by atoms with Crippen molar-refractivity contribution in [2.45, 2.75) is 59.3 Å². The second-order valence-corrected chi connectivity index (χ2v) is 8.38. The van der Waals surface area contributed by atoms with Crippen molar-refractivity contribution in [2.75, 3.05) is 39.5 Å². The van der Waals surface area contributed by atoms with E-state index in [1.807, 2.05) is 0 Å². The number of aliphatic hydroxyl groups is 1. The van der Waals surface area contributed by atoms with E-state index in [4.69, 9.17) is 9.73 Å². The van der Waals surface area contributed by atoms with Gasteiger partial charge >= 0.3 is 0 Å². The van der Waals surface area contributed by atoms with Crippen LogP contribution in [-0.4, -0.2) is 50.5 Å². The summed E-state index contributed by atoms with van der Waals surface area (Å²) in [6, 6.07) is 0. The van der Waals surface area contributed by atoms with E-state index in [9.17, 15) is 5.11 Å². The van der Waals surface area contributed by atoms with Crippen LogP contribution < -0.4 is 10.6 Å². The monoisotopic (exact) mass is 481 g/mol. The van der Waals surface area contributed by atoms with Crippen LogP contribution in [0.3, 0.4) is 0 Å². The van der Waals surface area contributed by atoms with Crippen LogP contribution in [0.5, 0.6) is 0 Å². The lowest BCUT2D eigenvalue weighted by Crippen LogP contribution is -2.41. The minimum atomic E-state index is 0. The molecule has 1 heterocycles. The number of nitrogens with one attached hydrogen (secondary N) is 2. The summed E-state index contributed by atoms with van der Waals surface area (Å²) in [6.45, 7) is 11.1. The predicted octanol–water partition coefficient (Wildman–Crippen LogP) is 3.41. The van der Waals surface area contributed by atoms with Crippen LogP contribution in [0.15, 0.2) is 4.99 Å². The van der Waals surface area contributed by atoms with Crippen molar-refractivity contribution in [3.05, 3.63) is 0 Å². The van der Waals surface area contributed by atoms with E-state index in [0.717, 1.165) is 69.4 Å². The van der Waals surface area contributed by atoms with Gasteiger partial charge in [-0.15, -0.1) is 24.0 Å². The van der Waals surface area contributed by atoms with Gasteiger partial charge in [-0.3, -0.25) is 4.99 Å². The first-order chi connectivity index (χ1) is 12.1. The fourth-order valence-electron chi connectivity index (χ4n) is 4.18. The molecule has 0 aromatic rings. The molecule has 0 aromatic carbocycles. The second-order valence-electron chi connectivity index (χ2n) is 8.38. The molecular formula is C20H40IN3O2. The van der Waals surface area contributed by atoms with Crippen molar-refractivity contribution in [3.8, 4) is 0 Å². The summed E-state index contributed by atoms with van der Waals surface area (Å²) in [5.41, 5.74) is 0.0203. The molecule has 2 rings (SSSR count). The van der Waals surface area contributed by atoms with Gasteiger partial charge in [0.05, 0.1) is 13.2 Å². The van der Waals surface area contributed by atoms with Crippen LogP contribution in [0.4, 0.5) is 0 Å². The maximum absolute atomic E-state index is 9.36. The molecule has 3 N–H and O–H groups in total. The molecule has 1 aliphatic heterocycles. The van der Waals surface area contributed by atoms with Crippen molar-refractivity contribution in [3.63, 3.8) is 0 Å². The molecule has 2 fully saturated rings. The van der Waals surface area contributed by atoms with Crippen molar-refractivity contribution >= 4 is 29.9 Å². The summed E-state index contributed by atoms with van der Waals surface area (Å²) < 4.78 is 5.57. The Kier molecular flexibility index (Phi) is 11.4. The van der Waals surface area contributed by atoms with Gasteiger partial charge in [-0.05, 0) is 63.2 Å². The van der Waals surface area contributed by atoms with Crippen LogP contribution >= 0.6 is 24.0 Å². The van der Waals surface area contributed by atoms with E-state index in [-0.39, 0.29) is 36.0 Å². The molecule has 6 heteroatoms. The number of hydrogen-bond acceptors (Lipinski definition) is 3. The minimum absolute atomic E-state index is 0. The average molecular weight is 481 g/mol. The third kappa shape index (κ3) is 7.50. The van der Waals surface area contributed by atoms with E-state index >= 15 is 0 Å². The highest BCUT2D eigenvalue weighted by Crippen LogP contribution is 2.33. The molecule has 154 valence electrons. The van der Waals surface area contributed by atoms with E-state index < -0.39 is 0 Å². The normalized spacial score (nSPS) is 29.5. The Morgan fingerprint density at radius 3 is 2.50 bits per heavy atom. The molecule has 0 aromatic heterocycles. The van der Waals surface area contributed by atoms with Crippen molar-refractivity contribution in [1.29, 1.82) is 0 Å². The molecule has 1 saturated carbocycles. The highest BCUT2D eigenvalue weighted by molar-refractivity contribution is 14.0. The zero-order valence-electron chi connectivity index (χ0n) is 16.9. The van der Waals surface area contributed by atoms with Gasteiger partial charge in [0.15, 0.2) is 5.96 Å². The first-order valence-electron chi connectivity index (χ1n) is 10.3. The smallest absolute Gasteiger partial charge is 0.191 e. The fourth-order valence-corrected chi connectivity index (χ4v) is 4.18. The highest BCUT2D eigenvalue weighted by atomic mass is 127. The maximum atomic E-state index is 9.36. The average Bonchev–Trinajstić information content (AvgIpc) is 3.07. The standard InChI is InChI=1S/C20H39N3O2.HI/c1-4-21-19(23-14-20(9-11-24)10-12-25-15-20)22-13-17-5-7-18(8-6-17)16(2)3;/h16-18,24H,4-15H2,1-3H3,(H2,21,22,23);1H. The molecular weight excluding hydrogens is 441 g/mol. The van der Waals surface area contributed by atoms with Gasteiger partial charge in [-0.2, -0.15) is 0 Å². The number of guanidine groups is 1. The Bertz CT molecular complexity index is 404. The Morgan fingerprint density at radius 1 is 1.23 bits per heavy atom. The lowest BCUT2D eigenvalue weighted by Gasteiger charge is -2.31. The molecule has 0 radical (unpaired) electrons. The molecule has 1 saturated heterocycles. The van der Waals surface area contributed by atoms with Crippen molar-refractivity contribution in [1.82, 2.24) is 10.6 Å². The van der Waals surface area contributed by atoms with Gasteiger partial charge in [0.25, 0.3) is 0 Å². The molecule has 1 unspecified atom stereocenters. The third-order valence-corrected chi connectivity index (χ3v) is 6.14. The summed E-state index contributed by atoms with van der Waals surface area (Å²) in [4.78, 5) is 4.82. The number of hydrogen-bond donors (Lipinski definition) is 3. The van der Waals surface area contributed by atoms with Gasteiger partial charge < -0.3 is 20.5 Å². The van der Waals surface area contributed by atoms with Crippen molar-refractivity contribution in [2.24, 2.45) is 28.2 Å². The summed E-state index contributed by atoms with van der Waals surface area (Å²) >= 11 is 0. The molecule has 1 atom stereocenters. The summed E-state index contributed by atoms with van der Waals surface area (Å²) in [5.74, 6) is 3.42. The van der Waals surface area contributed by atoms with Crippen LogP contribution in [0.25, 0.3) is 0 Å². The van der Waals surface area contributed by atoms with Gasteiger partial charge in [0, 0.05) is 31.7 Å². The topological polar surface area (TPSA) is 65.9 Å². The van der Waals surface area contributed by atoms with Crippen LogP contribution in [-0.2, 0) is 4.74 Å². The lowest BCUT2D eigenvalue weighted by atomic mass is 9.77. The SMILES string of the molecule is CCNC(=NCC1(CCO)CCOC1)NCC1CCC(C(C)C)CC1.I. The first kappa shape index (κ1) is 24.0. The number of halogens is 1. The highest BCUT2D eigenvalue weighted by Gasteiger charge is 2.34. The quantitative estimate of drug-likeness (QED) is 0.283. The summed E-state index contributed by atoms with van der Waals surface area (Å²) in [7, 11) is 0. The first-order valence-corrected chi connectivity index (χ1v) is 10.3. The Morgan fingerprint density at radius 2 is 1.96 bits per heavy atom. The largest absolute Gasteiger partial charge is 0.396 e. The molecule has 0 amide bonds. The van der Waals surface area contributed by atoms with E-state index in [0.29, 0.717) is 0 Å². The van der Waals surface area contributed by atoms with Crippen LogP contribution in [0.2, 0.25) is 0 Å². The van der Waals surface area contributed by atoms with E-state index in [1.165, 1.54) is 25.7 Å². The minimum Gasteiger partial charge on any atom is -0.396 e. The fraction of sp³-hybridized carbons (Fsp3) is 0.950. The number of ether oxygens (including phenoxy) is 1. The molecule has 1 aliphatic carbocycles. The number of aliphatic hydroxyl groups excluding tert-OH is 1. The second kappa shape index (κ2) is 12.4. The Hall–Kier alpha value is -0.0800. The predicted molar refractivity (Wildman–Crippen MR) is 119 cm³/mol. The van der Waals surface area contributed by atoms with Gasteiger partial charge in [0.1, 0.15) is 0 Å². The van der Waals surface area contributed by atoms with Crippen molar-refractivity contribution < 1.29 is 9.84 Å². The van der Waals surface area contributed by atoms with Gasteiger partial charge in [-0.25, -0.2) is 0 Å². The Labute approximate surface area is 177 Å². The molecule has 2 aliphatic rings. The van der Waals surface area contributed by atoms with Crippen LogP contribution in [0.1, 0.15) is 59.3 Å². The molecule has 5 nitrogen and oxygen atoms in total. The zero-order chi connectivity index (χ0) is 18.1.